The average Bonchev–Trinajstić information content (AvgIpc) is 3.69. The summed E-state index contributed by atoms with van der Waals surface area (Å²) in [4.78, 5) is 67.6. The molecule has 0 spiro atoms. The molecule has 1 atom stereocenters. The van der Waals surface area contributed by atoms with Crippen molar-refractivity contribution in [2.24, 2.45) is 0 Å². The minimum atomic E-state index is -4.81. The molecule has 0 radical (unpaired) electrons. The molecule has 73 heavy (non-hydrogen) atoms. The summed E-state index contributed by atoms with van der Waals surface area (Å²) < 4.78 is 61.8. The van der Waals surface area contributed by atoms with Crippen LogP contribution in [0.1, 0.15) is 85.3 Å². The monoisotopic (exact) mass is 1020 g/mol. The number of nitrogens with one attached hydrogen (secondary N) is 4. The highest BCUT2D eigenvalue weighted by molar-refractivity contribution is 7.70. The Labute approximate surface area is 423 Å². The molecule has 4 amide bonds. The van der Waals surface area contributed by atoms with Crippen LogP contribution in [-0.2, 0) is 31.7 Å². The van der Waals surface area contributed by atoms with E-state index >= 15 is 0 Å². The number of hydrogen-bond donors (Lipinski definition) is 4. The highest BCUT2D eigenvalue weighted by Crippen LogP contribution is 2.42. The summed E-state index contributed by atoms with van der Waals surface area (Å²) in [5.74, 6) is 10.3. The van der Waals surface area contributed by atoms with Crippen LogP contribution in [0.4, 0.5) is 47.7 Å². The first-order valence-corrected chi connectivity index (χ1v) is 27.2. The first-order chi connectivity index (χ1) is 35.0. The summed E-state index contributed by atoms with van der Waals surface area (Å²) in [6.45, 7) is 11.4. The van der Waals surface area contributed by atoms with Gasteiger partial charge >= 0.3 is 6.18 Å². The van der Waals surface area contributed by atoms with Crippen molar-refractivity contribution in [3.8, 4) is 29.4 Å². The van der Waals surface area contributed by atoms with Gasteiger partial charge < -0.3 is 40.0 Å². The molecule has 3 fully saturated rings. The van der Waals surface area contributed by atoms with E-state index in [-0.39, 0.29) is 35.6 Å². The zero-order valence-corrected chi connectivity index (χ0v) is 42.4. The smallest absolute Gasteiger partial charge is 0.421 e. The number of rotatable bonds is 14. The Morgan fingerprint density at radius 1 is 0.918 bits per heavy atom. The molecule has 3 aromatic carbocycles. The number of nitrogens with zero attached hydrogens (tertiary/aromatic N) is 6. The van der Waals surface area contributed by atoms with E-state index in [1.54, 1.807) is 47.4 Å². The molecule has 3 saturated heterocycles. The SMILES string of the molecule is CCCC#CC(=O)Nc1cc(Nc2ncc(C(F)(F)F)c(Nc3ccccc3P(C)(C)=O)n2)c(OC)cc1N1CCC(N2CCN(CCCC#Cc3cccc4c3CN(C3CCC(=O)NC3=O)C4=O)CC2)CC1. The van der Waals surface area contributed by atoms with Gasteiger partial charge in [-0.25, -0.2) is 4.98 Å². The number of fused-ring (bicyclic) bond motifs is 1. The van der Waals surface area contributed by atoms with Crippen molar-refractivity contribution < 1.29 is 41.7 Å². The largest absolute Gasteiger partial charge is 0.494 e. The van der Waals surface area contributed by atoms with Crippen molar-refractivity contribution in [1.82, 2.24) is 30.0 Å². The molecule has 4 aliphatic heterocycles. The molecule has 1 aromatic heterocycles. The number of anilines is 6. The van der Waals surface area contributed by atoms with Gasteiger partial charge in [-0.3, -0.25) is 29.4 Å². The molecule has 0 aliphatic carbocycles. The number of piperidine rings is 2. The van der Waals surface area contributed by atoms with Crippen LogP contribution in [0.15, 0.2) is 60.8 Å². The fraction of sp³-hybridized carbons (Fsp3) is 0.434. The Morgan fingerprint density at radius 2 is 1.68 bits per heavy atom. The summed E-state index contributed by atoms with van der Waals surface area (Å²) in [7, 11) is -1.42. The fourth-order valence-corrected chi connectivity index (χ4v) is 10.9. The zero-order valence-electron chi connectivity index (χ0n) is 41.5. The zero-order chi connectivity index (χ0) is 51.9. The van der Waals surface area contributed by atoms with Crippen molar-refractivity contribution in [2.75, 3.05) is 87.1 Å². The van der Waals surface area contributed by atoms with Crippen molar-refractivity contribution in [3.05, 3.63) is 83.0 Å². The quantitative estimate of drug-likeness (QED) is 0.0433. The molecule has 5 heterocycles. The van der Waals surface area contributed by atoms with E-state index in [2.05, 4.69) is 69.6 Å². The van der Waals surface area contributed by atoms with Crippen LogP contribution < -0.4 is 36.2 Å². The van der Waals surface area contributed by atoms with Gasteiger partial charge in [0.15, 0.2) is 0 Å². The number of unbranched alkanes of at least 4 members (excludes halogenated alkanes) is 2. The summed E-state index contributed by atoms with van der Waals surface area (Å²) in [6, 6.07) is 15.1. The van der Waals surface area contributed by atoms with Gasteiger partial charge in [-0.1, -0.05) is 42.9 Å². The molecule has 4 N–H and O–H groups in total. The summed E-state index contributed by atoms with van der Waals surface area (Å²) >= 11 is 0. The predicted octanol–water partition coefficient (Wildman–Crippen LogP) is 7.16. The number of amides is 4. The lowest BCUT2D eigenvalue weighted by Crippen LogP contribution is -2.53. The van der Waals surface area contributed by atoms with Gasteiger partial charge in [0.25, 0.3) is 11.8 Å². The van der Waals surface area contributed by atoms with Crippen LogP contribution in [-0.4, -0.2) is 127 Å². The van der Waals surface area contributed by atoms with Crippen LogP contribution in [0, 0.1) is 23.7 Å². The standard InChI is InChI=1S/C53H60F3N10O6P/c1-5-6-8-19-47(67)58-41-31-42(60-52-57-33-39(53(54,55)56)49(62-52)59-40-17-10-11-18-46(40)73(3,4)71)45(72-2)32-44(41)65-25-22-36(23-26-65)64-29-27-63(28-30-64)24-12-7-9-14-35-15-13-16-37-38(35)34-66(51(37)70)43-20-21-48(68)61-50(43)69/h10-11,13,15-18,31-33,36,43H,5-7,12,20-30,34H2,1-4H3,(H,58,67)(H,61,68,69)(H2,57,59,60,62). The number of benzene rings is 3. The number of para-hydroxylation sites is 1. The van der Waals surface area contributed by atoms with E-state index in [0.717, 1.165) is 69.5 Å². The Bertz CT molecular complexity index is 2930. The molecule has 384 valence electrons. The number of imide groups is 1. The predicted molar refractivity (Wildman–Crippen MR) is 275 cm³/mol. The van der Waals surface area contributed by atoms with Gasteiger partial charge in [-0.2, -0.15) is 18.2 Å². The summed E-state index contributed by atoms with van der Waals surface area (Å²) in [5, 5.41) is 11.4. The maximum absolute atomic E-state index is 14.3. The fourth-order valence-electron chi connectivity index (χ4n) is 9.74. The summed E-state index contributed by atoms with van der Waals surface area (Å²) in [5.41, 5.74) is 2.69. The van der Waals surface area contributed by atoms with E-state index in [1.165, 1.54) is 20.4 Å². The molecule has 0 bridgehead atoms. The lowest BCUT2D eigenvalue weighted by Gasteiger charge is -2.43. The van der Waals surface area contributed by atoms with Gasteiger partial charge in [0.05, 0.1) is 29.9 Å². The van der Waals surface area contributed by atoms with E-state index in [9.17, 15) is 36.9 Å². The van der Waals surface area contributed by atoms with Crippen molar-refractivity contribution in [1.29, 1.82) is 0 Å². The maximum atomic E-state index is 14.3. The molecular formula is C53H60F3N10O6P. The Balaban J connectivity index is 0.885. The Morgan fingerprint density at radius 3 is 2.40 bits per heavy atom. The number of hydrogen-bond acceptors (Lipinski definition) is 13. The van der Waals surface area contributed by atoms with Crippen molar-refractivity contribution in [3.63, 3.8) is 0 Å². The first-order valence-electron chi connectivity index (χ1n) is 24.6. The number of ether oxygens (including phenoxy) is 1. The Hall–Kier alpha value is -6.92. The number of methoxy groups -OCH3 is 1. The summed E-state index contributed by atoms with van der Waals surface area (Å²) in [6.07, 6.45) is 1.08. The lowest BCUT2D eigenvalue weighted by molar-refractivity contribution is -0.138. The lowest BCUT2D eigenvalue weighted by atomic mass is 10.0. The average molecular weight is 1020 g/mol. The van der Waals surface area contributed by atoms with Crippen LogP contribution >= 0.6 is 7.14 Å². The molecular weight excluding hydrogens is 961 g/mol. The van der Waals surface area contributed by atoms with Gasteiger partial charge in [0, 0.05) is 99.8 Å². The Kier molecular flexibility index (Phi) is 16.4. The minimum Gasteiger partial charge on any atom is -0.494 e. The highest BCUT2D eigenvalue weighted by Gasteiger charge is 2.40. The van der Waals surface area contributed by atoms with Crippen molar-refractivity contribution in [2.45, 2.75) is 83.1 Å². The molecule has 1 unspecified atom stereocenters. The van der Waals surface area contributed by atoms with E-state index in [1.807, 2.05) is 19.1 Å². The van der Waals surface area contributed by atoms with Gasteiger partial charge in [0.2, 0.25) is 17.8 Å². The number of carbonyl (C=O) groups excluding carboxylic acids is 4. The van der Waals surface area contributed by atoms with Gasteiger partial charge in [-0.15, -0.1) is 0 Å². The topological polar surface area (TPSA) is 181 Å². The van der Waals surface area contributed by atoms with E-state index in [4.69, 9.17) is 4.74 Å². The normalized spacial score (nSPS) is 17.7. The molecule has 20 heteroatoms. The number of halogens is 3. The molecule has 4 aliphatic rings. The van der Waals surface area contributed by atoms with Crippen molar-refractivity contribution >= 4 is 70.6 Å². The van der Waals surface area contributed by atoms with Crippen LogP contribution in [0.5, 0.6) is 5.75 Å². The third-order valence-corrected chi connectivity index (χ3v) is 15.1. The number of piperazine rings is 1. The highest BCUT2D eigenvalue weighted by atomic mass is 31.2. The van der Waals surface area contributed by atoms with E-state index < -0.39 is 42.6 Å². The maximum Gasteiger partial charge on any atom is 0.421 e. The second kappa shape index (κ2) is 22.9. The molecule has 4 aromatic rings. The first kappa shape index (κ1) is 52.4. The molecule has 8 rings (SSSR count). The van der Waals surface area contributed by atoms with Gasteiger partial charge in [0.1, 0.15) is 30.3 Å². The molecule has 16 nitrogen and oxygen atoms in total. The second-order valence-corrected chi connectivity index (χ2v) is 22.1. The third-order valence-electron chi connectivity index (χ3n) is 13.5. The van der Waals surface area contributed by atoms with E-state index in [0.29, 0.717) is 79.1 Å². The molecule has 0 saturated carbocycles. The van der Waals surface area contributed by atoms with Gasteiger partial charge in [-0.05, 0) is 93.8 Å². The van der Waals surface area contributed by atoms with Crippen LogP contribution in [0.3, 0.4) is 0 Å². The van der Waals surface area contributed by atoms with Crippen LogP contribution in [0.25, 0.3) is 0 Å². The third kappa shape index (κ3) is 12.6. The van der Waals surface area contributed by atoms with Crippen LogP contribution in [0.2, 0.25) is 0 Å². The number of aromatic nitrogens is 2. The number of alkyl halides is 3. The second-order valence-electron chi connectivity index (χ2n) is 18.9. The number of carbonyl (C=O) groups is 4. The minimum absolute atomic E-state index is 0.182.